The molecule has 2 aromatic carbocycles. The van der Waals surface area contributed by atoms with E-state index in [1.165, 1.54) is 0 Å². The lowest BCUT2D eigenvalue weighted by molar-refractivity contribution is 0.0977. The third-order valence-corrected chi connectivity index (χ3v) is 4.78. The standard InChI is InChI=1S/C16H12O3S/c1-2-20(19)13-9-5-8-12-14(13)16(18)11-7-4-3-6-10(11)15(12)17/h3-9H,2H2,1H3. The van der Waals surface area contributed by atoms with E-state index < -0.39 is 10.8 Å². The highest BCUT2D eigenvalue weighted by Gasteiger charge is 2.32. The van der Waals surface area contributed by atoms with Crippen LogP contribution in [0.1, 0.15) is 38.8 Å². The van der Waals surface area contributed by atoms with Crippen molar-refractivity contribution in [3.05, 3.63) is 64.7 Å². The maximum atomic E-state index is 12.6. The smallest absolute Gasteiger partial charge is 0.195 e. The maximum absolute atomic E-state index is 12.6. The molecule has 1 atom stereocenters. The largest absolute Gasteiger partial charge is 0.289 e. The van der Waals surface area contributed by atoms with Gasteiger partial charge in [-0.3, -0.25) is 13.8 Å². The van der Waals surface area contributed by atoms with Crippen LogP contribution in [-0.2, 0) is 10.8 Å². The molecule has 0 amide bonds. The van der Waals surface area contributed by atoms with Crippen molar-refractivity contribution < 1.29 is 13.8 Å². The number of rotatable bonds is 2. The molecule has 0 heterocycles. The molecule has 20 heavy (non-hydrogen) atoms. The molecule has 2 aromatic rings. The molecule has 0 fully saturated rings. The van der Waals surface area contributed by atoms with E-state index in [1.807, 2.05) is 0 Å². The minimum absolute atomic E-state index is 0.176. The predicted molar refractivity (Wildman–Crippen MR) is 76.7 cm³/mol. The summed E-state index contributed by atoms with van der Waals surface area (Å²) < 4.78 is 12.1. The average Bonchev–Trinajstić information content (AvgIpc) is 2.51. The van der Waals surface area contributed by atoms with Crippen LogP contribution in [0.3, 0.4) is 0 Å². The lowest BCUT2D eigenvalue weighted by Gasteiger charge is -2.19. The van der Waals surface area contributed by atoms with Gasteiger partial charge in [-0.05, 0) is 6.07 Å². The van der Waals surface area contributed by atoms with Crippen molar-refractivity contribution >= 4 is 22.4 Å². The van der Waals surface area contributed by atoms with E-state index in [4.69, 9.17) is 0 Å². The summed E-state index contributed by atoms with van der Waals surface area (Å²) >= 11 is 0. The number of carbonyl (C=O) groups is 2. The number of ketones is 2. The minimum Gasteiger partial charge on any atom is -0.289 e. The third kappa shape index (κ3) is 1.76. The summed E-state index contributed by atoms with van der Waals surface area (Å²) in [6.45, 7) is 1.79. The van der Waals surface area contributed by atoms with Crippen LogP contribution in [0, 0.1) is 0 Å². The van der Waals surface area contributed by atoms with Gasteiger partial charge in [0, 0.05) is 28.0 Å². The summed E-state index contributed by atoms with van der Waals surface area (Å²) in [5, 5.41) is 0. The van der Waals surface area contributed by atoms with Gasteiger partial charge in [-0.1, -0.05) is 43.3 Å². The lowest BCUT2D eigenvalue weighted by Crippen LogP contribution is -2.22. The fourth-order valence-electron chi connectivity index (χ4n) is 2.46. The van der Waals surface area contributed by atoms with Crippen LogP contribution in [0.2, 0.25) is 0 Å². The van der Waals surface area contributed by atoms with E-state index in [2.05, 4.69) is 0 Å². The van der Waals surface area contributed by atoms with Crippen molar-refractivity contribution in [2.75, 3.05) is 5.75 Å². The second kappa shape index (κ2) is 4.80. The summed E-state index contributed by atoms with van der Waals surface area (Å²) in [7, 11) is -1.27. The number of benzene rings is 2. The molecule has 0 radical (unpaired) electrons. The highest BCUT2D eigenvalue weighted by molar-refractivity contribution is 7.85. The van der Waals surface area contributed by atoms with E-state index in [-0.39, 0.29) is 11.6 Å². The van der Waals surface area contributed by atoms with Crippen molar-refractivity contribution in [2.24, 2.45) is 0 Å². The van der Waals surface area contributed by atoms with Gasteiger partial charge in [0.1, 0.15) is 0 Å². The Morgan fingerprint density at radius 1 is 0.850 bits per heavy atom. The van der Waals surface area contributed by atoms with Crippen LogP contribution in [0.15, 0.2) is 47.4 Å². The highest BCUT2D eigenvalue weighted by Crippen LogP contribution is 2.30. The molecule has 1 aliphatic rings. The molecule has 0 bridgehead atoms. The van der Waals surface area contributed by atoms with Gasteiger partial charge in [0.15, 0.2) is 11.6 Å². The van der Waals surface area contributed by atoms with Crippen LogP contribution in [-0.4, -0.2) is 21.5 Å². The lowest BCUT2D eigenvalue weighted by atomic mass is 9.84. The fourth-order valence-corrected chi connectivity index (χ4v) is 3.43. The Kier molecular flexibility index (Phi) is 3.10. The first-order valence-corrected chi connectivity index (χ1v) is 7.67. The summed E-state index contributed by atoms with van der Waals surface area (Å²) in [5.74, 6) is 0.0253. The minimum atomic E-state index is -1.27. The monoisotopic (exact) mass is 284 g/mol. The molecule has 0 saturated carbocycles. The number of hydrogen-bond donors (Lipinski definition) is 0. The molecule has 0 N–H and O–H groups in total. The molecule has 1 unspecified atom stereocenters. The molecule has 3 rings (SSSR count). The molecule has 3 nitrogen and oxygen atoms in total. The van der Waals surface area contributed by atoms with Gasteiger partial charge in [-0.25, -0.2) is 0 Å². The van der Waals surface area contributed by atoms with Gasteiger partial charge in [-0.15, -0.1) is 0 Å². The van der Waals surface area contributed by atoms with Crippen LogP contribution < -0.4 is 0 Å². The van der Waals surface area contributed by atoms with Crippen molar-refractivity contribution in [3.63, 3.8) is 0 Å². The summed E-state index contributed by atoms with van der Waals surface area (Å²) in [4.78, 5) is 25.5. The van der Waals surface area contributed by atoms with E-state index in [0.717, 1.165) is 0 Å². The average molecular weight is 284 g/mol. The molecule has 0 aromatic heterocycles. The molecule has 1 aliphatic carbocycles. The Bertz CT molecular complexity index is 762. The first kappa shape index (κ1) is 12.9. The summed E-state index contributed by atoms with van der Waals surface area (Å²) in [5.41, 5.74) is 1.47. The van der Waals surface area contributed by atoms with E-state index in [9.17, 15) is 13.8 Å². The van der Waals surface area contributed by atoms with Gasteiger partial charge in [0.2, 0.25) is 0 Å². The Balaban J connectivity index is 2.31. The van der Waals surface area contributed by atoms with Crippen molar-refractivity contribution in [1.29, 1.82) is 0 Å². The number of carbonyl (C=O) groups excluding carboxylic acids is 2. The molecule has 0 spiro atoms. The molecule has 4 heteroatoms. The van der Waals surface area contributed by atoms with E-state index >= 15 is 0 Å². The van der Waals surface area contributed by atoms with Crippen LogP contribution in [0.4, 0.5) is 0 Å². The fraction of sp³-hybridized carbons (Fsp3) is 0.125. The third-order valence-electron chi connectivity index (χ3n) is 3.42. The van der Waals surface area contributed by atoms with Crippen molar-refractivity contribution in [1.82, 2.24) is 0 Å². The topological polar surface area (TPSA) is 51.2 Å². The quantitative estimate of drug-likeness (QED) is 0.727. The molecular formula is C16H12O3S. The molecule has 0 aliphatic heterocycles. The Morgan fingerprint density at radius 3 is 2.10 bits per heavy atom. The Morgan fingerprint density at radius 2 is 1.45 bits per heavy atom. The zero-order valence-electron chi connectivity index (χ0n) is 10.9. The summed E-state index contributed by atoms with van der Waals surface area (Å²) in [6.07, 6.45) is 0. The zero-order valence-corrected chi connectivity index (χ0v) is 11.7. The van der Waals surface area contributed by atoms with Crippen molar-refractivity contribution in [3.8, 4) is 0 Å². The van der Waals surface area contributed by atoms with Crippen LogP contribution in [0.5, 0.6) is 0 Å². The van der Waals surface area contributed by atoms with Crippen LogP contribution in [0.25, 0.3) is 0 Å². The van der Waals surface area contributed by atoms with Gasteiger partial charge >= 0.3 is 0 Å². The van der Waals surface area contributed by atoms with E-state index in [1.54, 1.807) is 49.4 Å². The zero-order chi connectivity index (χ0) is 14.3. The SMILES string of the molecule is CCS(=O)c1cccc2c1C(=O)c1ccccc1C2=O. The normalized spacial score (nSPS) is 14.7. The number of fused-ring (bicyclic) bond motifs is 2. The Hall–Kier alpha value is -2.07. The van der Waals surface area contributed by atoms with Gasteiger partial charge in [0.05, 0.1) is 15.7 Å². The van der Waals surface area contributed by atoms with Gasteiger partial charge in [0.25, 0.3) is 0 Å². The van der Waals surface area contributed by atoms with Gasteiger partial charge < -0.3 is 0 Å². The second-order valence-corrected chi connectivity index (χ2v) is 6.22. The first-order chi connectivity index (χ1) is 9.65. The molecule has 0 saturated heterocycles. The van der Waals surface area contributed by atoms with E-state index in [0.29, 0.717) is 32.9 Å². The van der Waals surface area contributed by atoms with Crippen molar-refractivity contribution in [2.45, 2.75) is 11.8 Å². The molecule has 100 valence electrons. The highest BCUT2D eigenvalue weighted by atomic mass is 32.2. The van der Waals surface area contributed by atoms with Gasteiger partial charge in [-0.2, -0.15) is 0 Å². The first-order valence-electron chi connectivity index (χ1n) is 6.35. The second-order valence-electron chi connectivity index (χ2n) is 4.52. The predicted octanol–water partition coefficient (Wildman–Crippen LogP) is 2.59. The molecular weight excluding hydrogens is 272 g/mol. The van der Waals surface area contributed by atoms with Crippen LogP contribution >= 0.6 is 0 Å². The maximum Gasteiger partial charge on any atom is 0.195 e. The Labute approximate surface area is 119 Å². The summed E-state index contributed by atoms with van der Waals surface area (Å²) in [6, 6.07) is 11.7. The number of hydrogen-bond acceptors (Lipinski definition) is 3.